The van der Waals surface area contributed by atoms with Gasteiger partial charge < -0.3 is 15.2 Å². The van der Waals surface area contributed by atoms with Crippen LogP contribution in [0.15, 0.2) is 18.2 Å². The monoisotopic (exact) mass is 267 g/mol. The van der Waals surface area contributed by atoms with E-state index in [0.29, 0.717) is 0 Å². The van der Waals surface area contributed by atoms with Crippen molar-refractivity contribution >= 4 is 11.8 Å². The van der Waals surface area contributed by atoms with Crippen LogP contribution in [0.1, 0.15) is 30.9 Å². The number of nitrogens with two attached hydrogens (primary N) is 1. The van der Waals surface area contributed by atoms with Crippen LogP contribution in [-0.2, 0) is 0 Å². The van der Waals surface area contributed by atoms with Crippen molar-refractivity contribution in [2.45, 2.75) is 31.4 Å². The number of fused-ring (bicyclic) bond motifs is 1. The average Bonchev–Trinajstić information content (AvgIpc) is 2.38. The number of ether oxygens (including phenoxy) is 2. The van der Waals surface area contributed by atoms with Gasteiger partial charge in [-0.3, -0.25) is 0 Å². The Morgan fingerprint density at radius 3 is 3.06 bits per heavy atom. The predicted octanol–water partition coefficient (Wildman–Crippen LogP) is 2.99. The van der Waals surface area contributed by atoms with Crippen LogP contribution >= 0.6 is 11.8 Å². The van der Waals surface area contributed by atoms with Crippen molar-refractivity contribution in [3.63, 3.8) is 0 Å². The van der Waals surface area contributed by atoms with Crippen molar-refractivity contribution in [2.75, 3.05) is 19.1 Å². The van der Waals surface area contributed by atoms with Crippen molar-refractivity contribution < 1.29 is 9.47 Å². The lowest BCUT2D eigenvalue weighted by Crippen LogP contribution is -2.29. The Balaban J connectivity index is 2.06. The fourth-order valence-corrected chi connectivity index (χ4v) is 2.78. The number of hydrogen-bond donors (Lipinski definition) is 1. The molecule has 0 aliphatic carbocycles. The first kappa shape index (κ1) is 13.6. The lowest BCUT2D eigenvalue weighted by atomic mass is 9.95. The summed E-state index contributed by atoms with van der Waals surface area (Å²) in [6, 6.07) is 5.97. The van der Waals surface area contributed by atoms with E-state index >= 15 is 0 Å². The van der Waals surface area contributed by atoms with Crippen LogP contribution < -0.4 is 15.2 Å². The van der Waals surface area contributed by atoms with Gasteiger partial charge in [-0.25, -0.2) is 0 Å². The minimum Gasteiger partial charge on any atom is -0.497 e. The van der Waals surface area contributed by atoms with Crippen LogP contribution in [-0.4, -0.2) is 25.2 Å². The van der Waals surface area contributed by atoms with Gasteiger partial charge in [0.25, 0.3) is 0 Å². The van der Waals surface area contributed by atoms with E-state index in [0.717, 1.165) is 29.9 Å². The molecule has 0 aromatic heterocycles. The molecule has 1 aliphatic rings. The Kier molecular flexibility index (Phi) is 4.78. The second kappa shape index (κ2) is 6.34. The van der Waals surface area contributed by atoms with Crippen LogP contribution in [0, 0.1) is 0 Å². The average molecular weight is 267 g/mol. The van der Waals surface area contributed by atoms with E-state index in [1.54, 1.807) is 7.11 Å². The number of hydrogen-bond acceptors (Lipinski definition) is 4. The van der Waals surface area contributed by atoms with Gasteiger partial charge in [-0.2, -0.15) is 11.8 Å². The Morgan fingerprint density at radius 2 is 2.33 bits per heavy atom. The molecule has 2 atom stereocenters. The number of thioether (sulfide) groups is 1. The van der Waals surface area contributed by atoms with Crippen molar-refractivity contribution in [3.05, 3.63) is 23.8 Å². The van der Waals surface area contributed by atoms with Crippen molar-refractivity contribution in [2.24, 2.45) is 5.73 Å². The first-order valence-electron chi connectivity index (χ1n) is 6.33. The summed E-state index contributed by atoms with van der Waals surface area (Å²) in [7, 11) is 1.67. The second-order valence-corrected chi connectivity index (χ2v) is 5.61. The molecule has 0 bridgehead atoms. The third kappa shape index (κ3) is 3.12. The van der Waals surface area contributed by atoms with Gasteiger partial charge in [-0.1, -0.05) is 6.07 Å². The fraction of sp³-hybridized carbons (Fsp3) is 0.571. The summed E-state index contributed by atoms with van der Waals surface area (Å²) in [6.07, 6.45) is 5.54. The van der Waals surface area contributed by atoms with Crippen molar-refractivity contribution in [1.82, 2.24) is 0 Å². The molecule has 2 rings (SSSR count). The minimum atomic E-state index is 0.0823. The van der Waals surface area contributed by atoms with Crippen molar-refractivity contribution in [3.8, 4) is 11.5 Å². The maximum absolute atomic E-state index is 6.21. The normalized spacial score (nSPS) is 22.2. The SMILES string of the molecule is COc1ccc2c(c1)OC(CCCSC)C[C@@H]2N. The summed E-state index contributed by atoms with van der Waals surface area (Å²) in [5, 5.41) is 0. The van der Waals surface area contributed by atoms with Gasteiger partial charge >= 0.3 is 0 Å². The van der Waals surface area contributed by atoms with Gasteiger partial charge in [0.2, 0.25) is 0 Å². The predicted molar refractivity (Wildman–Crippen MR) is 76.6 cm³/mol. The Morgan fingerprint density at radius 1 is 1.50 bits per heavy atom. The van der Waals surface area contributed by atoms with Crippen LogP contribution in [0.4, 0.5) is 0 Å². The van der Waals surface area contributed by atoms with Crippen LogP contribution in [0.5, 0.6) is 11.5 Å². The highest BCUT2D eigenvalue weighted by molar-refractivity contribution is 7.98. The summed E-state index contributed by atoms with van der Waals surface area (Å²) in [4.78, 5) is 0. The Bertz CT molecular complexity index is 397. The molecule has 3 nitrogen and oxygen atoms in total. The molecule has 18 heavy (non-hydrogen) atoms. The number of methoxy groups -OCH3 is 1. The van der Waals surface area contributed by atoms with Gasteiger partial charge in [0.05, 0.1) is 7.11 Å². The lowest BCUT2D eigenvalue weighted by Gasteiger charge is -2.30. The molecule has 4 heteroatoms. The molecule has 2 N–H and O–H groups in total. The maximum Gasteiger partial charge on any atom is 0.128 e. The van der Waals surface area contributed by atoms with E-state index in [9.17, 15) is 0 Å². The Hall–Kier alpha value is -0.870. The number of rotatable bonds is 5. The minimum absolute atomic E-state index is 0.0823. The molecule has 1 unspecified atom stereocenters. The molecular formula is C14H21NO2S. The zero-order valence-corrected chi connectivity index (χ0v) is 11.8. The first-order chi connectivity index (χ1) is 8.74. The van der Waals surface area contributed by atoms with E-state index in [1.807, 2.05) is 30.0 Å². The fourth-order valence-electron chi connectivity index (χ4n) is 2.32. The van der Waals surface area contributed by atoms with E-state index in [4.69, 9.17) is 15.2 Å². The van der Waals surface area contributed by atoms with Crippen molar-refractivity contribution in [1.29, 1.82) is 0 Å². The zero-order chi connectivity index (χ0) is 13.0. The van der Waals surface area contributed by atoms with Crippen LogP contribution in [0.3, 0.4) is 0 Å². The highest BCUT2D eigenvalue weighted by Crippen LogP contribution is 2.37. The lowest BCUT2D eigenvalue weighted by molar-refractivity contribution is 0.149. The molecular weight excluding hydrogens is 246 g/mol. The zero-order valence-electron chi connectivity index (χ0n) is 11.0. The molecule has 0 saturated carbocycles. The smallest absolute Gasteiger partial charge is 0.128 e. The largest absolute Gasteiger partial charge is 0.497 e. The molecule has 0 saturated heterocycles. The maximum atomic E-state index is 6.21. The summed E-state index contributed by atoms with van der Waals surface area (Å²) < 4.78 is 11.2. The Labute approximate surface area is 113 Å². The van der Waals surface area contributed by atoms with E-state index in [-0.39, 0.29) is 12.1 Å². The third-order valence-electron chi connectivity index (χ3n) is 3.31. The summed E-state index contributed by atoms with van der Waals surface area (Å²) in [5.41, 5.74) is 7.30. The van der Waals surface area contributed by atoms with Crippen LogP contribution in [0.25, 0.3) is 0 Å². The van der Waals surface area contributed by atoms with E-state index in [2.05, 4.69) is 6.26 Å². The van der Waals surface area contributed by atoms with Crippen LogP contribution in [0.2, 0.25) is 0 Å². The van der Waals surface area contributed by atoms with Gasteiger partial charge in [-0.15, -0.1) is 0 Å². The number of benzene rings is 1. The highest BCUT2D eigenvalue weighted by Gasteiger charge is 2.25. The molecule has 1 aromatic rings. The quantitative estimate of drug-likeness (QED) is 0.833. The summed E-state index contributed by atoms with van der Waals surface area (Å²) >= 11 is 1.88. The van der Waals surface area contributed by atoms with Gasteiger partial charge in [-0.05, 0) is 30.9 Å². The molecule has 0 radical (unpaired) electrons. The molecule has 1 aromatic carbocycles. The molecule has 100 valence electrons. The highest BCUT2D eigenvalue weighted by atomic mass is 32.2. The molecule has 0 amide bonds. The topological polar surface area (TPSA) is 44.5 Å². The third-order valence-corrected chi connectivity index (χ3v) is 4.00. The van der Waals surface area contributed by atoms with E-state index < -0.39 is 0 Å². The molecule has 0 spiro atoms. The molecule has 1 heterocycles. The summed E-state index contributed by atoms with van der Waals surface area (Å²) in [5.74, 6) is 2.90. The van der Waals surface area contributed by atoms with Gasteiger partial charge in [0.1, 0.15) is 17.6 Å². The standard InChI is InChI=1S/C14H21NO2S/c1-16-10-5-6-12-13(15)8-11(4-3-7-18-2)17-14(12)9-10/h5-6,9,11,13H,3-4,7-8,15H2,1-2H3/t11?,13-/m0/s1. The second-order valence-electron chi connectivity index (χ2n) is 4.62. The summed E-state index contributed by atoms with van der Waals surface area (Å²) in [6.45, 7) is 0. The van der Waals surface area contributed by atoms with Gasteiger partial charge in [0.15, 0.2) is 0 Å². The van der Waals surface area contributed by atoms with Gasteiger partial charge in [0, 0.05) is 24.1 Å². The first-order valence-corrected chi connectivity index (χ1v) is 7.73. The van der Waals surface area contributed by atoms with E-state index in [1.165, 1.54) is 12.2 Å². The molecule has 1 aliphatic heterocycles. The molecule has 0 fully saturated rings.